The second kappa shape index (κ2) is 7.65. The molecule has 0 atom stereocenters. The van der Waals surface area contributed by atoms with Crippen molar-refractivity contribution in [1.82, 2.24) is 9.97 Å². The van der Waals surface area contributed by atoms with Crippen LogP contribution in [0.25, 0.3) is 0 Å². The van der Waals surface area contributed by atoms with Gasteiger partial charge in [0.1, 0.15) is 18.8 Å². The van der Waals surface area contributed by atoms with Crippen LogP contribution in [0, 0.1) is 0 Å². The van der Waals surface area contributed by atoms with E-state index in [9.17, 15) is 0 Å². The van der Waals surface area contributed by atoms with Crippen LogP contribution in [0.4, 0.5) is 5.82 Å². The van der Waals surface area contributed by atoms with E-state index in [1.807, 2.05) is 19.1 Å². The summed E-state index contributed by atoms with van der Waals surface area (Å²) < 4.78 is 5.61. The van der Waals surface area contributed by atoms with Crippen LogP contribution in [0.3, 0.4) is 0 Å². The van der Waals surface area contributed by atoms with Crippen molar-refractivity contribution in [3.8, 4) is 5.88 Å². The van der Waals surface area contributed by atoms with Crippen LogP contribution in [0.1, 0.15) is 32.8 Å². The Morgan fingerprint density at radius 3 is 2.82 bits per heavy atom. The molecule has 0 unspecified atom stereocenters. The fourth-order valence-corrected chi connectivity index (χ4v) is 1.46. The van der Waals surface area contributed by atoms with Crippen LogP contribution in [-0.2, 0) is 6.42 Å². The molecule has 0 amide bonds. The van der Waals surface area contributed by atoms with Gasteiger partial charge in [0.15, 0.2) is 0 Å². The molecule has 0 saturated heterocycles. The molecule has 0 aliphatic carbocycles. The summed E-state index contributed by atoms with van der Waals surface area (Å²) in [5.74, 6) is 1.57. The molecule has 0 spiro atoms. The molecule has 17 heavy (non-hydrogen) atoms. The summed E-state index contributed by atoms with van der Waals surface area (Å²) >= 11 is 0. The first-order chi connectivity index (χ1) is 8.33. The topological polar surface area (TPSA) is 47.0 Å². The zero-order valence-electron chi connectivity index (χ0n) is 10.9. The second-order valence-electron chi connectivity index (χ2n) is 3.67. The molecule has 0 aliphatic rings. The van der Waals surface area contributed by atoms with Crippen LogP contribution < -0.4 is 10.1 Å². The largest absolute Gasteiger partial charge is 0.473 e. The summed E-state index contributed by atoms with van der Waals surface area (Å²) in [6, 6.07) is 0. The highest BCUT2D eigenvalue weighted by molar-refractivity contribution is 5.48. The minimum Gasteiger partial charge on any atom is -0.473 e. The summed E-state index contributed by atoms with van der Waals surface area (Å²) in [6.07, 6.45) is 7.39. The Bertz CT molecular complexity index is 364. The van der Waals surface area contributed by atoms with E-state index in [1.54, 1.807) is 6.33 Å². The Morgan fingerprint density at radius 2 is 2.18 bits per heavy atom. The average molecular weight is 235 g/mol. The smallest absolute Gasteiger partial charge is 0.222 e. The number of hydrogen-bond acceptors (Lipinski definition) is 4. The van der Waals surface area contributed by atoms with Crippen LogP contribution in [0.5, 0.6) is 5.88 Å². The number of ether oxygens (including phenoxy) is 1. The third-order valence-electron chi connectivity index (χ3n) is 2.35. The predicted molar refractivity (Wildman–Crippen MR) is 70.5 cm³/mol. The van der Waals surface area contributed by atoms with Crippen molar-refractivity contribution in [2.24, 2.45) is 0 Å². The Labute approximate surface area is 103 Å². The average Bonchev–Trinajstić information content (AvgIpc) is 2.36. The number of anilines is 1. The maximum Gasteiger partial charge on any atom is 0.222 e. The van der Waals surface area contributed by atoms with Gasteiger partial charge in [-0.05, 0) is 19.8 Å². The number of rotatable bonds is 7. The van der Waals surface area contributed by atoms with Crippen molar-refractivity contribution in [1.29, 1.82) is 0 Å². The zero-order valence-corrected chi connectivity index (χ0v) is 10.9. The van der Waals surface area contributed by atoms with Crippen LogP contribution in [-0.4, -0.2) is 23.1 Å². The Hall–Kier alpha value is -1.58. The van der Waals surface area contributed by atoms with Crippen molar-refractivity contribution in [3.05, 3.63) is 24.0 Å². The monoisotopic (exact) mass is 235 g/mol. The zero-order chi connectivity index (χ0) is 12.5. The van der Waals surface area contributed by atoms with E-state index in [4.69, 9.17) is 4.74 Å². The molecule has 4 heteroatoms. The Balaban J connectivity index is 2.81. The van der Waals surface area contributed by atoms with E-state index in [0.29, 0.717) is 12.5 Å². The normalized spacial score (nSPS) is 10.8. The first-order valence-corrected chi connectivity index (χ1v) is 6.15. The van der Waals surface area contributed by atoms with Crippen molar-refractivity contribution in [2.75, 3.05) is 18.5 Å². The molecule has 4 nitrogen and oxygen atoms in total. The van der Waals surface area contributed by atoms with Crippen LogP contribution >= 0.6 is 0 Å². The molecule has 1 N–H and O–H groups in total. The SMILES string of the molecule is C/C=C/COc1ncnc(NCCC)c1CC. The first-order valence-electron chi connectivity index (χ1n) is 6.15. The Morgan fingerprint density at radius 1 is 1.35 bits per heavy atom. The van der Waals surface area contributed by atoms with Crippen LogP contribution in [0.15, 0.2) is 18.5 Å². The molecule has 1 heterocycles. The van der Waals surface area contributed by atoms with Gasteiger partial charge >= 0.3 is 0 Å². The standard InChI is InChI=1S/C13H21N3O/c1-4-7-9-17-13-11(6-3)12(14-8-5-2)15-10-16-13/h4,7,10H,5-6,8-9H2,1-3H3,(H,14,15,16)/b7-4+. The van der Waals surface area contributed by atoms with Gasteiger partial charge < -0.3 is 10.1 Å². The minimum absolute atomic E-state index is 0.549. The molecule has 0 saturated carbocycles. The molecule has 1 aromatic rings. The lowest BCUT2D eigenvalue weighted by atomic mass is 10.2. The predicted octanol–water partition coefficient (Wildman–Crippen LogP) is 2.82. The van der Waals surface area contributed by atoms with Crippen molar-refractivity contribution in [2.45, 2.75) is 33.6 Å². The van der Waals surface area contributed by atoms with Crippen molar-refractivity contribution in [3.63, 3.8) is 0 Å². The molecule has 0 aromatic carbocycles. The highest BCUT2D eigenvalue weighted by Gasteiger charge is 2.09. The third-order valence-corrected chi connectivity index (χ3v) is 2.35. The van der Waals surface area contributed by atoms with Gasteiger partial charge in [0, 0.05) is 6.54 Å². The maximum atomic E-state index is 5.61. The molecule has 1 rings (SSSR count). The van der Waals surface area contributed by atoms with Crippen LogP contribution in [0.2, 0.25) is 0 Å². The molecule has 94 valence electrons. The summed E-state index contributed by atoms with van der Waals surface area (Å²) in [6.45, 7) is 7.64. The first kappa shape index (κ1) is 13.5. The summed E-state index contributed by atoms with van der Waals surface area (Å²) in [5, 5.41) is 3.30. The quantitative estimate of drug-likeness (QED) is 0.738. The number of hydrogen-bond donors (Lipinski definition) is 1. The van der Waals surface area contributed by atoms with Gasteiger partial charge in [-0.15, -0.1) is 0 Å². The highest BCUT2D eigenvalue weighted by atomic mass is 16.5. The summed E-state index contributed by atoms with van der Waals surface area (Å²) in [7, 11) is 0. The van der Waals surface area contributed by atoms with E-state index >= 15 is 0 Å². The molecular formula is C13H21N3O. The number of aromatic nitrogens is 2. The minimum atomic E-state index is 0.549. The number of nitrogens with zero attached hydrogens (tertiary/aromatic N) is 2. The highest BCUT2D eigenvalue weighted by Crippen LogP contribution is 2.22. The lowest BCUT2D eigenvalue weighted by Crippen LogP contribution is -2.08. The van der Waals surface area contributed by atoms with Crippen molar-refractivity contribution >= 4 is 5.82 Å². The molecule has 0 fully saturated rings. The third kappa shape index (κ3) is 4.06. The summed E-state index contributed by atoms with van der Waals surface area (Å²) in [4.78, 5) is 8.44. The van der Waals surface area contributed by atoms with Gasteiger partial charge in [-0.3, -0.25) is 0 Å². The maximum absolute atomic E-state index is 5.61. The number of allylic oxidation sites excluding steroid dienone is 1. The van der Waals surface area contributed by atoms with E-state index in [1.165, 1.54) is 0 Å². The second-order valence-corrected chi connectivity index (χ2v) is 3.67. The molecule has 0 bridgehead atoms. The Kier molecular flexibility index (Phi) is 6.07. The van der Waals surface area contributed by atoms with Crippen molar-refractivity contribution < 1.29 is 4.74 Å². The van der Waals surface area contributed by atoms with E-state index in [2.05, 4.69) is 29.1 Å². The van der Waals surface area contributed by atoms with Gasteiger partial charge in [0.25, 0.3) is 0 Å². The molecular weight excluding hydrogens is 214 g/mol. The van der Waals surface area contributed by atoms with Gasteiger partial charge in [-0.2, -0.15) is 0 Å². The number of nitrogens with one attached hydrogen (secondary N) is 1. The van der Waals surface area contributed by atoms with E-state index in [0.717, 1.165) is 30.8 Å². The molecule has 0 radical (unpaired) electrons. The lowest BCUT2D eigenvalue weighted by molar-refractivity contribution is 0.343. The lowest BCUT2D eigenvalue weighted by Gasteiger charge is -2.12. The molecule has 1 aromatic heterocycles. The fourth-order valence-electron chi connectivity index (χ4n) is 1.46. The van der Waals surface area contributed by atoms with Gasteiger partial charge in [0.05, 0.1) is 5.56 Å². The van der Waals surface area contributed by atoms with Gasteiger partial charge in [0.2, 0.25) is 5.88 Å². The van der Waals surface area contributed by atoms with E-state index in [-0.39, 0.29) is 0 Å². The summed E-state index contributed by atoms with van der Waals surface area (Å²) in [5.41, 5.74) is 1.05. The fraction of sp³-hybridized carbons (Fsp3) is 0.538. The van der Waals surface area contributed by atoms with Gasteiger partial charge in [-0.1, -0.05) is 26.0 Å². The van der Waals surface area contributed by atoms with E-state index < -0.39 is 0 Å². The van der Waals surface area contributed by atoms with Gasteiger partial charge in [-0.25, -0.2) is 9.97 Å². The molecule has 0 aliphatic heterocycles.